The Bertz CT molecular complexity index is 219. The molecule has 0 unspecified atom stereocenters. The van der Waals surface area contributed by atoms with Crippen molar-refractivity contribution < 1.29 is 19.1 Å². The number of hydrogen-bond acceptors (Lipinski definition) is 4. The Kier molecular flexibility index (Phi) is 4.83. The Hall–Kier alpha value is -1.39. The van der Waals surface area contributed by atoms with Crippen molar-refractivity contribution in [1.29, 1.82) is 0 Å². The van der Waals surface area contributed by atoms with Crippen LogP contribution in [0.15, 0.2) is 0 Å². The second kappa shape index (κ2) is 5.36. The molecule has 0 aliphatic rings. The molecule has 0 radical (unpaired) electrons. The minimum Gasteiger partial charge on any atom is -0.442 e. The van der Waals surface area contributed by atoms with Crippen LogP contribution in [0.5, 0.6) is 0 Å². The van der Waals surface area contributed by atoms with Crippen molar-refractivity contribution in [1.82, 2.24) is 4.90 Å². The van der Waals surface area contributed by atoms with Crippen LogP contribution in [0.2, 0.25) is 0 Å². The highest BCUT2D eigenvalue weighted by molar-refractivity contribution is 5.73. The Labute approximate surface area is 83.0 Å². The number of rotatable bonds is 4. The standard InChI is InChI=1S/C9H15NO4/c1-9(2,3)10(4-5-11)8(13)14-7-6-12/h5-6H,4,7H2,1-3H3. The molecule has 0 rings (SSSR count). The molecule has 0 spiro atoms. The van der Waals surface area contributed by atoms with E-state index >= 15 is 0 Å². The average molecular weight is 201 g/mol. The van der Waals surface area contributed by atoms with Crippen LogP contribution >= 0.6 is 0 Å². The van der Waals surface area contributed by atoms with Crippen molar-refractivity contribution in [2.24, 2.45) is 0 Å². The smallest absolute Gasteiger partial charge is 0.411 e. The highest BCUT2D eigenvalue weighted by Crippen LogP contribution is 2.13. The summed E-state index contributed by atoms with van der Waals surface area (Å²) in [4.78, 5) is 32.9. The maximum Gasteiger partial charge on any atom is 0.411 e. The lowest BCUT2D eigenvalue weighted by Crippen LogP contribution is -2.47. The van der Waals surface area contributed by atoms with Gasteiger partial charge in [0.15, 0.2) is 6.29 Å². The Morgan fingerprint density at radius 1 is 1.29 bits per heavy atom. The molecular weight excluding hydrogens is 186 g/mol. The first-order chi connectivity index (χ1) is 6.43. The lowest BCUT2D eigenvalue weighted by atomic mass is 10.1. The molecule has 0 N–H and O–H groups in total. The van der Waals surface area contributed by atoms with Crippen molar-refractivity contribution in [2.75, 3.05) is 13.2 Å². The van der Waals surface area contributed by atoms with Crippen molar-refractivity contribution in [2.45, 2.75) is 26.3 Å². The average Bonchev–Trinajstić information content (AvgIpc) is 2.08. The zero-order valence-corrected chi connectivity index (χ0v) is 8.65. The number of aldehydes is 2. The molecule has 0 aromatic heterocycles. The molecule has 14 heavy (non-hydrogen) atoms. The van der Waals surface area contributed by atoms with Gasteiger partial charge < -0.3 is 9.53 Å². The molecule has 1 amide bonds. The van der Waals surface area contributed by atoms with Crippen LogP contribution in [-0.2, 0) is 14.3 Å². The van der Waals surface area contributed by atoms with E-state index in [9.17, 15) is 14.4 Å². The molecule has 0 aromatic rings. The minimum absolute atomic E-state index is 0.0405. The molecule has 0 saturated carbocycles. The van der Waals surface area contributed by atoms with Crippen LogP contribution < -0.4 is 0 Å². The summed E-state index contributed by atoms with van der Waals surface area (Å²) in [7, 11) is 0. The summed E-state index contributed by atoms with van der Waals surface area (Å²) in [6.45, 7) is 5.00. The van der Waals surface area contributed by atoms with Crippen molar-refractivity contribution >= 4 is 18.7 Å². The largest absolute Gasteiger partial charge is 0.442 e. The lowest BCUT2D eigenvalue weighted by molar-refractivity contribution is -0.111. The zero-order chi connectivity index (χ0) is 11.2. The van der Waals surface area contributed by atoms with E-state index in [1.165, 1.54) is 4.90 Å². The van der Waals surface area contributed by atoms with E-state index in [4.69, 9.17) is 0 Å². The molecule has 0 aliphatic carbocycles. The molecule has 5 nitrogen and oxygen atoms in total. The van der Waals surface area contributed by atoms with Gasteiger partial charge in [-0.3, -0.25) is 9.69 Å². The first kappa shape index (κ1) is 12.6. The summed E-state index contributed by atoms with van der Waals surface area (Å²) in [6.07, 6.45) is 0.448. The molecular formula is C9H15NO4. The molecule has 0 saturated heterocycles. The lowest BCUT2D eigenvalue weighted by Gasteiger charge is -2.32. The van der Waals surface area contributed by atoms with Gasteiger partial charge in [0.25, 0.3) is 0 Å². The molecule has 0 aromatic carbocycles. The van der Waals surface area contributed by atoms with Gasteiger partial charge >= 0.3 is 6.09 Å². The normalized spacial score (nSPS) is 10.5. The molecule has 0 atom stereocenters. The van der Waals surface area contributed by atoms with Gasteiger partial charge in [0.1, 0.15) is 12.9 Å². The summed E-state index contributed by atoms with van der Waals surface area (Å²) in [5, 5.41) is 0. The maximum absolute atomic E-state index is 11.3. The van der Waals surface area contributed by atoms with Crippen molar-refractivity contribution in [3.05, 3.63) is 0 Å². The number of nitrogens with zero attached hydrogens (tertiary/aromatic N) is 1. The van der Waals surface area contributed by atoms with Gasteiger partial charge in [0.05, 0.1) is 6.54 Å². The van der Waals surface area contributed by atoms with Gasteiger partial charge in [-0.25, -0.2) is 4.79 Å². The number of amides is 1. The fourth-order valence-electron chi connectivity index (χ4n) is 0.880. The van der Waals surface area contributed by atoms with Crippen molar-refractivity contribution in [3.8, 4) is 0 Å². The van der Waals surface area contributed by atoms with E-state index in [1.807, 2.05) is 0 Å². The van der Waals surface area contributed by atoms with Gasteiger partial charge in [-0.2, -0.15) is 0 Å². The predicted molar refractivity (Wildman–Crippen MR) is 49.9 cm³/mol. The van der Waals surface area contributed by atoms with Crippen LogP contribution in [0.1, 0.15) is 20.8 Å². The number of ether oxygens (including phenoxy) is 1. The molecule has 5 heteroatoms. The third kappa shape index (κ3) is 4.02. The predicted octanol–water partition coefficient (Wildman–Crippen LogP) is 0.621. The van der Waals surface area contributed by atoms with Gasteiger partial charge in [-0.15, -0.1) is 0 Å². The quantitative estimate of drug-likeness (QED) is 0.625. The van der Waals surface area contributed by atoms with E-state index in [-0.39, 0.29) is 13.2 Å². The van der Waals surface area contributed by atoms with E-state index in [0.29, 0.717) is 12.6 Å². The van der Waals surface area contributed by atoms with Crippen LogP contribution in [0, 0.1) is 0 Å². The van der Waals surface area contributed by atoms with E-state index in [2.05, 4.69) is 4.74 Å². The topological polar surface area (TPSA) is 63.7 Å². The van der Waals surface area contributed by atoms with E-state index in [0.717, 1.165) is 0 Å². The fourth-order valence-corrected chi connectivity index (χ4v) is 0.880. The number of carbonyl (C=O) groups is 3. The Morgan fingerprint density at radius 3 is 2.21 bits per heavy atom. The zero-order valence-electron chi connectivity index (χ0n) is 8.65. The van der Waals surface area contributed by atoms with Gasteiger partial charge in [-0.05, 0) is 20.8 Å². The fraction of sp³-hybridized carbons (Fsp3) is 0.667. The van der Waals surface area contributed by atoms with Crippen LogP contribution in [0.3, 0.4) is 0 Å². The summed E-state index contributed by atoms with van der Waals surface area (Å²) < 4.78 is 4.59. The minimum atomic E-state index is -0.656. The summed E-state index contributed by atoms with van der Waals surface area (Å²) >= 11 is 0. The van der Waals surface area contributed by atoms with Crippen LogP contribution in [-0.4, -0.2) is 42.3 Å². The molecule has 80 valence electrons. The Balaban J connectivity index is 4.40. The first-order valence-corrected chi connectivity index (χ1v) is 4.25. The number of carbonyl (C=O) groups excluding carboxylic acids is 3. The SMILES string of the molecule is CC(C)(C)N(CC=O)C(=O)OCC=O. The third-order valence-electron chi connectivity index (χ3n) is 1.56. The van der Waals surface area contributed by atoms with Crippen molar-refractivity contribution in [3.63, 3.8) is 0 Å². The molecule has 0 fully saturated rings. The molecule has 0 heterocycles. The van der Waals surface area contributed by atoms with Gasteiger partial charge in [0, 0.05) is 5.54 Å². The van der Waals surface area contributed by atoms with Crippen LogP contribution in [0.4, 0.5) is 4.79 Å². The summed E-state index contributed by atoms with van der Waals surface area (Å²) in [5.41, 5.74) is -0.499. The van der Waals surface area contributed by atoms with Gasteiger partial charge in [-0.1, -0.05) is 0 Å². The highest BCUT2D eigenvalue weighted by Gasteiger charge is 2.26. The molecule has 0 bridgehead atoms. The van der Waals surface area contributed by atoms with Gasteiger partial charge in [0.2, 0.25) is 0 Å². The Morgan fingerprint density at radius 2 is 1.86 bits per heavy atom. The second-order valence-electron chi connectivity index (χ2n) is 3.69. The summed E-state index contributed by atoms with van der Waals surface area (Å²) in [5.74, 6) is 0. The number of hydrogen-bond donors (Lipinski definition) is 0. The second-order valence-corrected chi connectivity index (χ2v) is 3.69. The molecule has 0 aliphatic heterocycles. The van der Waals surface area contributed by atoms with Crippen LogP contribution in [0.25, 0.3) is 0 Å². The third-order valence-corrected chi connectivity index (χ3v) is 1.56. The van der Waals surface area contributed by atoms with E-state index < -0.39 is 11.6 Å². The maximum atomic E-state index is 11.3. The van der Waals surface area contributed by atoms with E-state index in [1.54, 1.807) is 20.8 Å². The highest BCUT2D eigenvalue weighted by atomic mass is 16.6. The first-order valence-electron chi connectivity index (χ1n) is 4.25. The monoisotopic (exact) mass is 201 g/mol. The summed E-state index contributed by atoms with van der Waals surface area (Å²) in [6, 6.07) is 0.